The molecule has 1 saturated heterocycles. The molecule has 192 valence electrons. The second-order valence-electron chi connectivity index (χ2n) is 9.25. The monoisotopic (exact) mass is 528 g/mol. The molecule has 0 aromatic heterocycles. The summed E-state index contributed by atoms with van der Waals surface area (Å²) in [5.74, 6) is 0.806. The van der Waals surface area contributed by atoms with E-state index in [1.807, 2.05) is 48.5 Å². The number of esters is 1. The number of fused-ring (bicyclic) bond motifs is 2. The molecule has 0 saturated carbocycles. The van der Waals surface area contributed by atoms with Crippen LogP contribution in [0.3, 0.4) is 0 Å². The Kier molecular flexibility index (Phi) is 9.66. The van der Waals surface area contributed by atoms with Gasteiger partial charge in [0.15, 0.2) is 0 Å². The minimum absolute atomic E-state index is 0. The Morgan fingerprint density at radius 3 is 2.14 bits per heavy atom. The molecule has 0 aliphatic carbocycles. The van der Waals surface area contributed by atoms with Crippen molar-refractivity contribution >= 4 is 36.5 Å². The molecule has 0 bridgehead atoms. The zero-order valence-electron chi connectivity index (χ0n) is 20.8. The van der Waals surface area contributed by atoms with Crippen molar-refractivity contribution in [2.45, 2.75) is 26.2 Å². The number of piperazine rings is 1. The van der Waals surface area contributed by atoms with Gasteiger partial charge in [0.25, 0.3) is 0 Å². The van der Waals surface area contributed by atoms with Crippen LogP contribution in [0.4, 0.5) is 5.69 Å². The Morgan fingerprint density at radius 1 is 0.889 bits per heavy atom. The van der Waals surface area contributed by atoms with Crippen molar-refractivity contribution in [3.63, 3.8) is 0 Å². The third-order valence-electron chi connectivity index (χ3n) is 6.86. The summed E-state index contributed by atoms with van der Waals surface area (Å²) in [4.78, 5) is 18.1. The first-order valence-corrected chi connectivity index (χ1v) is 12.2. The molecule has 0 spiro atoms. The smallest absolute Gasteiger partial charge is 0.318 e. The molecule has 2 heterocycles. The van der Waals surface area contributed by atoms with Crippen LogP contribution < -0.4 is 9.64 Å². The lowest BCUT2D eigenvalue weighted by atomic mass is 9.88. The fraction of sp³-hybridized carbons (Fsp3) is 0.345. The lowest BCUT2D eigenvalue weighted by Gasteiger charge is -2.37. The molecule has 5 rings (SSSR count). The summed E-state index contributed by atoms with van der Waals surface area (Å²) in [7, 11) is 0. The van der Waals surface area contributed by atoms with Crippen molar-refractivity contribution < 1.29 is 14.3 Å². The zero-order valence-corrected chi connectivity index (χ0v) is 22.4. The Morgan fingerprint density at radius 2 is 1.50 bits per heavy atom. The van der Waals surface area contributed by atoms with Crippen molar-refractivity contribution in [2.75, 3.05) is 44.2 Å². The van der Waals surface area contributed by atoms with Crippen LogP contribution in [0.1, 0.15) is 34.6 Å². The molecule has 3 aromatic carbocycles. The third-order valence-corrected chi connectivity index (χ3v) is 6.86. The maximum atomic E-state index is 13.1. The van der Waals surface area contributed by atoms with Gasteiger partial charge in [-0.1, -0.05) is 48.5 Å². The molecular weight excluding hydrogens is 495 g/mol. The number of ether oxygens (including phenoxy) is 2. The maximum absolute atomic E-state index is 13.1. The number of aryl methyl sites for hydroxylation is 2. The van der Waals surface area contributed by atoms with Crippen LogP contribution in [-0.4, -0.2) is 50.2 Å². The summed E-state index contributed by atoms with van der Waals surface area (Å²) in [6.07, 6.45) is 0.835. The molecule has 0 atom stereocenters. The van der Waals surface area contributed by atoms with Crippen LogP contribution in [0.15, 0.2) is 66.7 Å². The van der Waals surface area contributed by atoms with Crippen LogP contribution in [0.2, 0.25) is 0 Å². The number of nitrogens with zero attached hydrogens (tertiary/aromatic N) is 2. The molecule has 0 unspecified atom stereocenters. The topological polar surface area (TPSA) is 42.0 Å². The lowest BCUT2D eigenvalue weighted by Crippen LogP contribution is -2.47. The van der Waals surface area contributed by atoms with Gasteiger partial charge < -0.3 is 14.4 Å². The lowest BCUT2D eigenvalue weighted by molar-refractivity contribution is -0.144. The fourth-order valence-corrected chi connectivity index (χ4v) is 4.98. The van der Waals surface area contributed by atoms with E-state index in [0.717, 1.165) is 61.8 Å². The van der Waals surface area contributed by atoms with Gasteiger partial charge in [0, 0.05) is 49.5 Å². The highest BCUT2D eigenvalue weighted by Gasteiger charge is 2.33. The van der Waals surface area contributed by atoms with Gasteiger partial charge in [0.1, 0.15) is 17.4 Å². The van der Waals surface area contributed by atoms with E-state index in [-0.39, 0.29) is 30.8 Å². The molecule has 0 amide bonds. The summed E-state index contributed by atoms with van der Waals surface area (Å²) in [5, 5.41) is 0. The van der Waals surface area contributed by atoms with Crippen molar-refractivity contribution in [1.29, 1.82) is 0 Å². The first kappa shape index (κ1) is 27.9. The van der Waals surface area contributed by atoms with Gasteiger partial charge in [-0.2, -0.15) is 0 Å². The molecule has 1 fully saturated rings. The van der Waals surface area contributed by atoms with Crippen LogP contribution in [0, 0.1) is 13.8 Å². The summed E-state index contributed by atoms with van der Waals surface area (Å²) < 4.78 is 11.8. The SMILES string of the molecule is Cc1ccc(C)c(N2CCN(CCCOC(=O)C3c4ccccc4Oc4ccccc43)CC2)c1.Cl.Cl. The molecule has 0 N–H and O–H groups in total. The number of anilines is 1. The van der Waals surface area contributed by atoms with Crippen molar-refractivity contribution in [2.24, 2.45) is 0 Å². The summed E-state index contributed by atoms with van der Waals surface area (Å²) in [6, 6.07) is 22.1. The maximum Gasteiger partial charge on any atom is 0.318 e. The predicted octanol–water partition coefficient (Wildman–Crippen LogP) is 6.14. The zero-order chi connectivity index (χ0) is 23.5. The number of carbonyl (C=O) groups excluding carboxylic acids is 1. The largest absolute Gasteiger partial charge is 0.465 e. The van der Waals surface area contributed by atoms with E-state index in [1.54, 1.807) is 0 Å². The minimum Gasteiger partial charge on any atom is -0.465 e. The predicted molar refractivity (Wildman–Crippen MR) is 149 cm³/mol. The van der Waals surface area contributed by atoms with E-state index in [0.29, 0.717) is 6.61 Å². The number of benzene rings is 3. The van der Waals surface area contributed by atoms with Gasteiger partial charge in [-0.3, -0.25) is 9.69 Å². The standard InChI is InChI=1S/C29H32N2O3.2ClH/c1-21-12-13-22(2)25(20-21)31-17-15-30(16-18-31)14-7-19-33-29(32)28-23-8-3-5-10-26(23)34-27-11-6-4-9-24(27)28;;/h3-6,8-13,20,28H,7,14-19H2,1-2H3;2*1H. The highest BCUT2D eigenvalue weighted by molar-refractivity contribution is 5.86. The average molecular weight is 530 g/mol. The number of carbonyl (C=O) groups is 1. The second kappa shape index (κ2) is 12.5. The number of halogens is 2. The van der Waals surface area contributed by atoms with Gasteiger partial charge in [-0.05, 0) is 49.6 Å². The van der Waals surface area contributed by atoms with E-state index < -0.39 is 5.92 Å². The number of rotatable bonds is 6. The Hall–Kier alpha value is -2.73. The number of hydrogen-bond donors (Lipinski definition) is 0. The van der Waals surface area contributed by atoms with Crippen LogP contribution in [0.25, 0.3) is 0 Å². The molecule has 2 aliphatic rings. The summed E-state index contributed by atoms with van der Waals surface area (Å²) in [6.45, 7) is 9.82. The van der Waals surface area contributed by atoms with Gasteiger partial charge in [0.2, 0.25) is 0 Å². The minimum atomic E-state index is -0.442. The molecule has 2 aliphatic heterocycles. The second-order valence-corrected chi connectivity index (χ2v) is 9.25. The summed E-state index contributed by atoms with van der Waals surface area (Å²) >= 11 is 0. The van der Waals surface area contributed by atoms with E-state index in [9.17, 15) is 4.79 Å². The van der Waals surface area contributed by atoms with E-state index >= 15 is 0 Å². The molecular formula is C29H34Cl2N2O3. The molecule has 0 radical (unpaired) electrons. The number of hydrogen-bond acceptors (Lipinski definition) is 5. The molecule has 3 aromatic rings. The highest BCUT2D eigenvalue weighted by atomic mass is 35.5. The van der Waals surface area contributed by atoms with Gasteiger partial charge in [-0.25, -0.2) is 0 Å². The Bertz CT molecular complexity index is 1130. The van der Waals surface area contributed by atoms with Gasteiger partial charge in [0.05, 0.1) is 6.61 Å². The first-order valence-electron chi connectivity index (χ1n) is 12.2. The van der Waals surface area contributed by atoms with E-state index in [1.165, 1.54) is 16.8 Å². The number of para-hydroxylation sites is 2. The molecule has 36 heavy (non-hydrogen) atoms. The fourth-order valence-electron chi connectivity index (χ4n) is 4.98. The molecule has 5 nitrogen and oxygen atoms in total. The molecule has 7 heteroatoms. The van der Waals surface area contributed by atoms with Crippen LogP contribution in [-0.2, 0) is 9.53 Å². The normalized spacial score (nSPS) is 15.0. The first-order chi connectivity index (χ1) is 16.6. The quantitative estimate of drug-likeness (QED) is 0.284. The van der Waals surface area contributed by atoms with Gasteiger partial charge >= 0.3 is 5.97 Å². The van der Waals surface area contributed by atoms with Crippen molar-refractivity contribution in [1.82, 2.24) is 4.90 Å². The van der Waals surface area contributed by atoms with Crippen LogP contribution >= 0.6 is 24.8 Å². The Balaban J connectivity index is 0.00000180. The highest BCUT2D eigenvalue weighted by Crippen LogP contribution is 2.44. The average Bonchev–Trinajstić information content (AvgIpc) is 2.87. The van der Waals surface area contributed by atoms with Crippen molar-refractivity contribution in [3.05, 3.63) is 89.0 Å². The van der Waals surface area contributed by atoms with E-state index in [2.05, 4.69) is 41.8 Å². The third kappa shape index (κ3) is 5.97. The summed E-state index contributed by atoms with van der Waals surface area (Å²) in [5.41, 5.74) is 5.73. The van der Waals surface area contributed by atoms with E-state index in [4.69, 9.17) is 9.47 Å². The van der Waals surface area contributed by atoms with Gasteiger partial charge in [-0.15, -0.1) is 24.8 Å². The van der Waals surface area contributed by atoms with Crippen LogP contribution in [0.5, 0.6) is 11.5 Å². The Labute approximate surface area is 226 Å². The van der Waals surface area contributed by atoms with Crippen molar-refractivity contribution in [3.8, 4) is 11.5 Å².